The lowest BCUT2D eigenvalue weighted by Crippen LogP contribution is -2.28. The van der Waals surface area contributed by atoms with Crippen LogP contribution in [0, 0.1) is 0 Å². The van der Waals surface area contributed by atoms with E-state index in [0.29, 0.717) is 13.2 Å². The topological polar surface area (TPSA) is 48.3 Å². The smallest absolute Gasteiger partial charge is 0.163 e. The summed E-state index contributed by atoms with van der Waals surface area (Å²) >= 11 is 0. The molecular weight excluding hydrogens is 218 g/mol. The van der Waals surface area contributed by atoms with Crippen molar-refractivity contribution in [1.29, 1.82) is 0 Å². The number of nitrogens with one attached hydrogen (secondary N) is 1. The van der Waals surface area contributed by atoms with Gasteiger partial charge in [0.1, 0.15) is 19.0 Å². The van der Waals surface area contributed by atoms with Gasteiger partial charge in [0.15, 0.2) is 11.5 Å². The minimum atomic E-state index is 0.619. The van der Waals surface area contributed by atoms with Gasteiger partial charge in [-0.15, -0.1) is 0 Å². The molecule has 0 unspecified atom stereocenters. The van der Waals surface area contributed by atoms with Crippen molar-refractivity contribution >= 4 is 11.0 Å². The molecule has 0 fully saturated rings. The van der Waals surface area contributed by atoms with Gasteiger partial charge in [-0.25, -0.2) is 4.98 Å². The number of rotatable bonds is 0. The minimum absolute atomic E-state index is 0.619. The van der Waals surface area contributed by atoms with Gasteiger partial charge in [-0.3, -0.25) is 0 Å². The van der Waals surface area contributed by atoms with E-state index in [2.05, 4.69) is 14.9 Å². The Labute approximate surface area is 98.3 Å². The third kappa shape index (κ3) is 1.32. The first-order valence-corrected chi connectivity index (χ1v) is 5.91. The Kier molecular flexibility index (Phi) is 1.84. The molecule has 1 aromatic heterocycles. The van der Waals surface area contributed by atoms with Gasteiger partial charge in [-0.1, -0.05) is 0 Å². The summed E-state index contributed by atoms with van der Waals surface area (Å²) in [5, 5.41) is 3.33. The lowest BCUT2D eigenvalue weighted by molar-refractivity contribution is 0.172. The zero-order valence-electron chi connectivity index (χ0n) is 9.40. The Morgan fingerprint density at radius 3 is 2.88 bits per heavy atom. The summed E-state index contributed by atoms with van der Waals surface area (Å²) in [5.74, 6) is 2.74. The molecule has 2 aliphatic rings. The van der Waals surface area contributed by atoms with Crippen LogP contribution in [0.1, 0.15) is 5.82 Å². The zero-order valence-corrected chi connectivity index (χ0v) is 9.40. The summed E-state index contributed by atoms with van der Waals surface area (Å²) in [4.78, 5) is 4.63. The van der Waals surface area contributed by atoms with E-state index < -0.39 is 0 Å². The molecule has 2 aromatic rings. The first-order chi connectivity index (χ1) is 8.42. The van der Waals surface area contributed by atoms with Crippen molar-refractivity contribution in [1.82, 2.24) is 14.9 Å². The fourth-order valence-electron chi connectivity index (χ4n) is 2.49. The molecular formula is C12H13N3O2. The Hall–Kier alpha value is -1.75. The van der Waals surface area contributed by atoms with E-state index in [1.165, 1.54) is 0 Å². The molecule has 0 atom stereocenters. The van der Waals surface area contributed by atoms with Crippen LogP contribution < -0.4 is 14.8 Å². The van der Waals surface area contributed by atoms with Gasteiger partial charge in [-0.2, -0.15) is 0 Å². The highest BCUT2D eigenvalue weighted by molar-refractivity contribution is 5.81. The first-order valence-electron chi connectivity index (χ1n) is 5.91. The van der Waals surface area contributed by atoms with Crippen molar-refractivity contribution in [3.8, 4) is 11.5 Å². The summed E-state index contributed by atoms with van der Waals surface area (Å²) in [6, 6.07) is 4.03. The molecule has 1 aromatic carbocycles. The van der Waals surface area contributed by atoms with Gasteiger partial charge in [0.05, 0.1) is 17.6 Å². The van der Waals surface area contributed by atoms with Crippen molar-refractivity contribution in [2.24, 2.45) is 0 Å². The summed E-state index contributed by atoms with van der Waals surface area (Å²) in [6.45, 7) is 4.04. The van der Waals surface area contributed by atoms with E-state index >= 15 is 0 Å². The van der Waals surface area contributed by atoms with Crippen LogP contribution in [0.2, 0.25) is 0 Å². The molecule has 2 aliphatic heterocycles. The largest absolute Gasteiger partial charge is 0.486 e. The molecule has 3 heterocycles. The number of nitrogens with zero attached hydrogens (tertiary/aromatic N) is 2. The van der Waals surface area contributed by atoms with Crippen LogP contribution in [0.25, 0.3) is 11.0 Å². The van der Waals surface area contributed by atoms with Gasteiger partial charge >= 0.3 is 0 Å². The van der Waals surface area contributed by atoms with Gasteiger partial charge < -0.3 is 19.4 Å². The molecule has 5 nitrogen and oxygen atoms in total. The SMILES string of the molecule is c1c2c(cc3c1nc1n3CCNC1)OCCO2. The van der Waals surface area contributed by atoms with Crippen molar-refractivity contribution in [3.63, 3.8) is 0 Å². The third-order valence-corrected chi connectivity index (χ3v) is 3.29. The van der Waals surface area contributed by atoms with Crippen LogP contribution in [0.5, 0.6) is 11.5 Å². The molecule has 5 heteroatoms. The maximum atomic E-state index is 5.61. The second-order valence-corrected chi connectivity index (χ2v) is 4.34. The number of fused-ring (bicyclic) bond motifs is 4. The van der Waals surface area contributed by atoms with Crippen LogP contribution in [0.15, 0.2) is 12.1 Å². The molecule has 0 spiro atoms. The zero-order chi connectivity index (χ0) is 11.2. The third-order valence-electron chi connectivity index (χ3n) is 3.29. The molecule has 0 saturated carbocycles. The summed E-state index contributed by atoms with van der Waals surface area (Å²) in [5.41, 5.74) is 2.14. The first kappa shape index (κ1) is 9.30. The Balaban J connectivity index is 1.97. The molecule has 0 bridgehead atoms. The van der Waals surface area contributed by atoms with E-state index in [0.717, 1.165) is 48.0 Å². The molecule has 88 valence electrons. The average molecular weight is 231 g/mol. The number of imidazole rings is 1. The Morgan fingerprint density at radius 2 is 2.00 bits per heavy atom. The lowest BCUT2D eigenvalue weighted by atomic mass is 10.2. The standard InChI is InChI=1S/C12H13N3O2/c1-2-15-9-6-11-10(16-3-4-17-11)5-8(9)14-12(15)7-13-1/h5-6,13H,1-4,7H2. The second kappa shape index (κ2) is 3.37. The number of ether oxygens (including phenoxy) is 2. The van der Waals surface area contributed by atoms with E-state index in [1.54, 1.807) is 0 Å². The maximum Gasteiger partial charge on any atom is 0.163 e. The number of hydrogen-bond acceptors (Lipinski definition) is 4. The molecule has 0 amide bonds. The van der Waals surface area contributed by atoms with E-state index in [4.69, 9.17) is 9.47 Å². The number of aromatic nitrogens is 2. The van der Waals surface area contributed by atoms with Crippen LogP contribution in [-0.4, -0.2) is 29.3 Å². The second-order valence-electron chi connectivity index (χ2n) is 4.34. The van der Waals surface area contributed by atoms with Crippen LogP contribution >= 0.6 is 0 Å². The quantitative estimate of drug-likeness (QED) is 0.732. The highest BCUT2D eigenvalue weighted by atomic mass is 16.6. The Morgan fingerprint density at radius 1 is 1.18 bits per heavy atom. The van der Waals surface area contributed by atoms with E-state index in [9.17, 15) is 0 Å². The summed E-state index contributed by atoms with van der Waals surface area (Å²) in [6.07, 6.45) is 0. The fourth-order valence-corrected chi connectivity index (χ4v) is 2.49. The number of hydrogen-bond donors (Lipinski definition) is 1. The summed E-state index contributed by atoms with van der Waals surface area (Å²) < 4.78 is 13.4. The molecule has 1 N–H and O–H groups in total. The summed E-state index contributed by atoms with van der Waals surface area (Å²) in [7, 11) is 0. The van der Waals surface area contributed by atoms with Crippen LogP contribution in [-0.2, 0) is 13.1 Å². The predicted molar refractivity (Wildman–Crippen MR) is 62.4 cm³/mol. The normalized spacial score (nSPS) is 18.1. The van der Waals surface area contributed by atoms with Crippen LogP contribution in [0.3, 0.4) is 0 Å². The van der Waals surface area contributed by atoms with Crippen LogP contribution in [0.4, 0.5) is 0 Å². The number of benzene rings is 1. The molecule has 0 aliphatic carbocycles. The Bertz CT molecular complexity index is 589. The van der Waals surface area contributed by atoms with Crippen molar-refractivity contribution in [3.05, 3.63) is 18.0 Å². The molecule has 0 radical (unpaired) electrons. The van der Waals surface area contributed by atoms with Crippen molar-refractivity contribution < 1.29 is 9.47 Å². The fraction of sp³-hybridized carbons (Fsp3) is 0.417. The van der Waals surface area contributed by atoms with Gasteiger partial charge in [0.25, 0.3) is 0 Å². The molecule has 17 heavy (non-hydrogen) atoms. The lowest BCUT2D eigenvalue weighted by Gasteiger charge is -2.19. The minimum Gasteiger partial charge on any atom is -0.486 e. The molecule has 0 saturated heterocycles. The van der Waals surface area contributed by atoms with E-state index in [1.807, 2.05) is 12.1 Å². The van der Waals surface area contributed by atoms with Crippen molar-refractivity contribution in [2.75, 3.05) is 19.8 Å². The van der Waals surface area contributed by atoms with E-state index in [-0.39, 0.29) is 0 Å². The maximum absolute atomic E-state index is 5.61. The molecule has 4 rings (SSSR count). The van der Waals surface area contributed by atoms with Crippen molar-refractivity contribution in [2.45, 2.75) is 13.1 Å². The van der Waals surface area contributed by atoms with Gasteiger partial charge in [0, 0.05) is 25.2 Å². The monoisotopic (exact) mass is 231 g/mol. The van der Waals surface area contributed by atoms with Gasteiger partial charge in [-0.05, 0) is 0 Å². The van der Waals surface area contributed by atoms with Gasteiger partial charge in [0.2, 0.25) is 0 Å². The predicted octanol–water partition coefficient (Wildman–Crippen LogP) is 0.911. The highest BCUT2D eigenvalue weighted by Gasteiger charge is 2.19. The average Bonchev–Trinajstić information content (AvgIpc) is 2.73. The highest BCUT2D eigenvalue weighted by Crippen LogP contribution is 2.34.